The average Bonchev–Trinajstić information content (AvgIpc) is 2.26. The van der Waals surface area contributed by atoms with Crippen molar-refractivity contribution in [2.75, 3.05) is 16.8 Å². The van der Waals surface area contributed by atoms with Gasteiger partial charge in [-0.2, -0.15) is 23.1 Å². The monoisotopic (exact) mass is 269 g/mol. The highest BCUT2D eigenvalue weighted by atomic mass is 19.4. The van der Waals surface area contributed by atoms with Crippen LogP contribution in [0.3, 0.4) is 0 Å². The first kappa shape index (κ1) is 12.9. The van der Waals surface area contributed by atoms with E-state index in [9.17, 15) is 13.2 Å². The summed E-state index contributed by atoms with van der Waals surface area (Å²) >= 11 is 0. The molecule has 2 rings (SSSR count). The number of aromatic nitrogens is 2. The quantitative estimate of drug-likeness (QED) is 0.778. The molecule has 0 aliphatic carbocycles. The fraction of sp³-hybridized carbons (Fsp3) is 0.0909. The zero-order valence-corrected chi connectivity index (χ0v) is 9.57. The lowest BCUT2D eigenvalue weighted by Gasteiger charge is -2.14. The maximum absolute atomic E-state index is 12.8. The van der Waals surface area contributed by atoms with E-state index in [4.69, 9.17) is 11.5 Å². The van der Waals surface area contributed by atoms with Gasteiger partial charge in [-0.1, -0.05) is 12.1 Å². The topological polar surface area (TPSA) is 89.8 Å². The minimum absolute atomic E-state index is 0.0690. The first-order chi connectivity index (χ1) is 8.86. The molecule has 0 aliphatic heterocycles. The number of nitrogens with zero attached hydrogens (tertiary/aromatic N) is 2. The van der Waals surface area contributed by atoms with Crippen molar-refractivity contribution in [3.05, 3.63) is 35.9 Å². The highest BCUT2D eigenvalue weighted by Crippen LogP contribution is 2.35. The predicted molar refractivity (Wildman–Crippen MR) is 65.6 cm³/mol. The number of rotatable bonds is 2. The third-order valence-corrected chi connectivity index (χ3v) is 2.26. The van der Waals surface area contributed by atoms with Gasteiger partial charge in [-0.05, 0) is 12.1 Å². The second kappa shape index (κ2) is 4.63. The highest BCUT2D eigenvalue weighted by Gasteiger charge is 2.33. The number of para-hydroxylation sites is 1. The van der Waals surface area contributed by atoms with Crippen LogP contribution < -0.4 is 16.8 Å². The third-order valence-electron chi connectivity index (χ3n) is 2.26. The third kappa shape index (κ3) is 3.03. The van der Waals surface area contributed by atoms with Crippen molar-refractivity contribution in [3.63, 3.8) is 0 Å². The van der Waals surface area contributed by atoms with Gasteiger partial charge in [0.1, 0.15) is 11.6 Å². The Balaban J connectivity index is 2.38. The van der Waals surface area contributed by atoms with E-state index in [1.165, 1.54) is 24.3 Å². The van der Waals surface area contributed by atoms with Gasteiger partial charge >= 0.3 is 6.18 Å². The van der Waals surface area contributed by atoms with E-state index in [1.54, 1.807) is 0 Å². The molecule has 100 valence electrons. The molecule has 0 radical (unpaired) electrons. The fourth-order valence-corrected chi connectivity index (χ4v) is 1.53. The summed E-state index contributed by atoms with van der Waals surface area (Å²) in [6, 6.07) is 6.33. The molecule has 2 aromatic rings. The minimum atomic E-state index is -4.46. The first-order valence-corrected chi connectivity index (χ1v) is 5.19. The number of nitrogens with two attached hydrogens (primary N) is 2. The number of alkyl halides is 3. The summed E-state index contributed by atoms with van der Waals surface area (Å²) in [4.78, 5) is 7.39. The summed E-state index contributed by atoms with van der Waals surface area (Å²) in [6.07, 6.45) is -4.46. The van der Waals surface area contributed by atoms with Gasteiger partial charge < -0.3 is 16.8 Å². The van der Waals surface area contributed by atoms with Gasteiger partial charge in [0.2, 0.25) is 5.95 Å². The lowest BCUT2D eigenvalue weighted by atomic mass is 10.1. The van der Waals surface area contributed by atoms with E-state index < -0.39 is 11.7 Å². The van der Waals surface area contributed by atoms with Crippen LogP contribution in [-0.2, 0) is 6.18 Å². The Kier molecular flexibility index (Phi) is 3.16. The van der Waals surface area contributed by atoms with Gasteiger partial charge in [-0.25, -0.2) is 0 Å². The van der Waals surface area contributed by atoms with E-state index in [2.05, 4.69) is 15.3 Å². The molecule has 0 saturated carbocycles. The number of anilines is 4. The Labute approximate surface area is 106 Å². The maximum atomic E-state index is 12.8. The molecule has 0 atom stereocenters. The molecule has 0 amide bonds. The summed E-state index contributed by atoms with van der Waals surface area (Å²) < 4.78 is 38.4. The number of hydrogen-bond donors (Lipinski definition) is 3. The molecular weight excluding hydrogens is 259 g/mol. The van der Waals surface area contributed by atoms with Crippen LogP contribution >= 0.6 is 0 Å². The summed E-state index contributed by atoms with van der Waals surface area (Å²) in [5.74, 6) is 0.0492. The predicted octanol–water partition coefficient (Wildman–Crippen LogP) is 2.40. The standard InChI is InChI=1S/C11H10F3N5/c12-11(13,14)6-3-1-2-4-7(6)17-9-5-8(15)18-10(16)19-9/h1-5H,(H5,15,16,17,18,19). The molecule has 8 heteroatoms. The number of nitrogens with one attached hydrogen (secondary N) is 1. The SMILES string of the molecule is Nc1cc(Nc2ccccc2C(F)(F)F)nc(N)n1. The fourth-order valence-electron chi connectivity index (χ4n) is 1.53. The maximum Gasteiger partial charge on any atom is 0.418 e. The number of halogens is 3. The first-order valence-electron chi connectivity index (χ1n) is 5.19. The van der Waals surface area contributed by atoms with Crippen LogP contribution in [0.2, 0.25) is 0 Å². The van der Waals surface area contributed by atoms with Crippen molar-refractivity contribution in [2.24, 2.45) is 0 Å². The second-order valence-electron chi connectivity index (χ2n) is 3.70. The van der Waals surface area contributed by atoms with Crippen LogP contribution in [0.25, 0.3) is 0 Å². The van der Waals surface area contributed by atoms with Crippen LogP contribution in [0.4, 0.5) is 36.4 Å². The van der Waals surface area contributed by atoms with E-state index in [0.29, 0.717) is 0 Å². The molecule has 0 fully saturated rings. The minimum Gasteiger partial charge on any atom is -0.383 e. The molecule has 0 unspecified atom stereocenters. The second-order valence-corrected chi connectivity index (χ2v) is 3.70. The molecule has 5 nitrogen and oxygen atoms in total. The van der Waals surface area contributed by atoms with Crippen molar-refractivity contribution in [2.45, 2.75) is 6.18 Å². The highest BCUT2D eigenvalue weighted by molar-refractivity contribution is 5.63. The van der Waals surface area contributed by atoms with Crippen LogP contribution in [0.15, 0.2) is 30.3 Å². The lowest BCUT2D eigenvalue weighted by molar-refractivity contribution is -0.136. The molecule has 5 N–H and O–H groups in total. The van der Waals surface area contributed by atoms with E-state index in [1.807, 2.05) is 0 Å². The Morgan fingerprint density at radius 1 is 1.05 bits per heavy atom. The molecule has 0 spiro atoms. The Bertz CT molecular complexity index is 577. The molecule has 1 aromatic heterocycles. The van der Waals surface area contributed by atoms with Crippen molar-refractivity contribution in [1.29, 1.82) is 0 Å². The molecular formula is C11H10F3N5. The molecule has 0 bridgehead atoms. The summed E-state index contributed by atoms with van der Waals surface area (Å²) in [7, 11) is 0. The molecule has 19 heavy (non-hydrogen) atoms. The van der Waals surface area contributed by atoms with E-state index >= 15 is 0 Å². The summed E-state index contributed by atoms with van der Waals surface area (Å²) in [5.41, 5.74) is 9.88. The van der Waals surface area contributed by atoms with Gasteiger partial charge in [0, 0.05) is 6.07 Å². The number of hydrogen-bond acceptors (Lipinski definition) is 5. The Morgan fingerprint density at radius 2 is 1.74 bits per heavy atom. The zero-order chi connectivity index (χ0) is 14.0. The van der Waals surface area contributed by atoms with Crippen LogP contribution in [-0.4, -0.2) is 9.97 Å². The van der Waals surface area contributed by atoms with Crippen LogP contribution in [0, 0.1) is 0 Å². The normalized spacial score (nSPS) is 11.3. The summed E-state index contributed by atoms with van der Waals surface area (Å²) in [5, 5.41) is 2.53. The molecule has 0 aliphatic rings. The van der Waals surface area contributed by atoms with E-state index in [0.717, 1.165) is 6.07 Å². The number of benzene rings is 1. The Hall–Kier alpha value is -2.51. The lowest BCUT2D eigenvalue weighted by Crippen LogP contribution is -2.10. The van der Waals surface area contributed by atoms with Gasteiger partial charge in [0.15, 0.2) is 0 Å². The zero-order valence-electron chi connectivity index (χ0n) is 9.57. The van der Waals surface area contributed by atoms with Crippen LogP contribution in [0.5, 0.6) is 0 Å². The van der Waals surface area contributed by atoms with Gasteiger partial charge in [0.25, 0.3) is 0 Å². The number of nitrogen functional groups attached to an aromatic ring is 2. The largest absolute Gasteiger partial charge is 0.418 e. The molecule has 1 heterocycles. The molecule has 1 aromatic carbocycles. The van der Waals surface area contributed by atoms with Gasteiger partial charge in [-0.15, -0.1) is 0 Å². The smallest absolute Gasteiger partial charge is 0.383 e. The van der Waals surface area contributed by atoms with Crippen molar-refractivity contribution in [3.8, 4) is 0 Å². The van der Waals surface area contributed by atoms with Gasteiger partial charge in [-0.3, -0.25) is 0 Å². The van der Waals surface area contributed by atoms with Crippen molar-refractivity contribution in [1.82, 2.24) is 9.97 Å². The van der Waals surface area contributed by atoms with Crippen molar-refractivity contribution < 1.29 is 13.2 Å². The van der Waals surface area contributed by atoms with Crippen molar-refractivity contribution >= 4 is 23.3 Å². The summed E-state index contributed by atoms with van der Waals surface area (Å²) in [6.45, 7) is 0. The Morgan fingerprint density at radius 3 is 2.37 bits per heavy atom. The van der Waals surface area contributed by atoms with Crippen LogP contribution in [0.1, 0.15) is 5.56 Å². The van der Waals surface area contributed by atoms with E-state index in [-0.39, 0.29) is 23.3 Å². The molecule has 0 saturated heterocycles. The van der Waals surface area contributed by atoms with Gasteiger partial charge in [0.05, 0.1) is 11.3 Å². The average molecular weight is 269 g/mol.